The summed E-state index contributed by atoms with van der Waals surface area (Å²) in [4.78, 5) is 35.8. The van der Waals surface area contributed by atoms with Crippen LogP contribution >= 0.6 is 0 Å². The van der Waals surface area contributed by atoms with Gasteiger partial charge in [-0.2, -0.15) is 0 Å². The SMILES string of the molecule is CN1C(=O)CC(c2ccc3ccccc3c2[N+](=O)[O-])C1=O. The van der Waals surface area contributed by atoms with E-state index in [0.29, 0.717) is 10.9 Å². The monoisotopic (exact) mass is 284 g/mol. The molecule has 1 atom stereocenters. The third kappa shape index (κ3) is 1.96. The van der Waals surface area contributed by atoms with Crippen LogP contribution in [0, 0.1) is 10.1 Å². The lowest BCUT2D eigenvalue weighted by atomic mass is 9.92. The normalized spacial score (nSPS) is 18.5. The fraction of sp³-hybridized carbons (Fsp3) is 0.200. The highest BCUT2D eigenvalue weighted by Crippen LogP contribution is 2.38. The first-order chi connectivity index (χ1) is 10.0. The molecule has 0 saturated carbocycles. The van der Waals surface area contributed by atoms with Crippen molar-refractivity contribution in [1.29, 1.82) is 0 Å². The molecule has 1 aliphatic rings. The molecule has 2 amide bonds. The van der Waals surface area contributed by atoms with Crippen molar-refractivity contribution in [2.75, 3.05) is 7.05 Å². The van der Waals surface area contributed by atoms with Crippen LogP contribution < -0.4 is 0 Å². The molecule has 1 unspecified atom stereocenters. The molecule has 106 valence electrons. The average Bonchev–Trinajstić information content (AvgIpc) is 2.73. The summed E-state index contributed by atoms with van der Waals surface area (Å²) in [5.41, 5.74) is 0.218. The summed E-state index contributed by atoms with van der Waals surface area (Å²) in [7, 11) is 1.40. The topological polar surface area (TPSA) is 80.5 Å². The van der Waals surface area contributed by atoms with Gasteiger partial charge in [-0.05, 0) is 11.5 Å². The highest BCUT2D eigenvalue weighted by molar-refractivity contribution is 6.07. The second-order valence-corrected chi connectivity index (χ2v) is 5.03. The van der Waals surface area contributed by atoms with Crippen molar-refractivity contribution < 1.29 is 14.5 Å². The number of nitro groups is 1. The van der Waals surface area contributed by atoms with Crippen LogP contribution in [0.25, 0.3) is 10.8 Å². The van der Waals surface area contributed by atoms with Gasteiger partial charge < -0.3 is 0 Å². The number of fused-ring (bicyclic) bond motifs is 1. The predicted octanol–water partition coefficient (Wildman–Crippen LogP) is 2.22. The van der Waals surface area contributed by atoms with Crippen LogP contribution in [0.1, 0.15) is 17.9 Å². The average molecular weight is 284 g/mol. The highest BCUT2D eigenvalue weighted by atomic mass is 16.6. The quantitative estimate of drug-likeness (QED) is 0.481. The van der Waals surface area contributed by atoms with Gasteiger partial charge in [-0.1, -0.05) is 30.3 Å². The molecule has 1 aliphatic heterocycles. The van der Waals surface area contributed by atoms with Crippen LogP contribution in [-0.2, 0) is 9.59 Å². The zero-order valence-corrected chi connectivity index (χ0v) is 11.3. The first-order valence-corrected chi connectivity index (χ1v) is 6.47. The van der Waals surface area contributed by atoms with Gasteiger partial charge in [0.25, 0.3) is 5.69 Å². The number of rotatable bonds is 2. The van der Waals surface area contributed by atoms with Crippen molar-refractivity contribution in [3.63, 3.8) is 0 Å². The third-order valence-corrected chi connectivity index (χ3v) is 3.87. The number of hydrogen-bond acceptors (Lipinski definition) is 4. The van der Waals surface area contributed by atoms with E-state index in [-0.39, 0.29) is 18.0 Å². The minimum absolute atomic E-state index is 0.0193. The van der Waals surface area contributed by atoms with Crippen LogP contribution in [-0.4, -0.2) is 28.7 Å². The summed E-state index contributed by atoms with van der Waals surface area (Å²) in [5, 5.41) is 12.7. The smallest absolute Gasteiger partial charge is 0.281 e. The Balaban J connectivity index is 2.24. The zero-order chi connectivity index (χ0) is 15.1. The fourth-order valence-electron chi connectivity index (χ4n) is 2.76. The van der Waals surface area contributed by atoms with Crippen LogP contribution in [0.15, 0.2) is 36.4 Å². The number of benzene rings is 2. The van der Waals surface area contributed by atoms with Crippen LogP contribution in [0.5, 0.6) is 0 Å². The Bertz CT molecular complexity index is 784. The Morgan fingerprint density at radius 3 is 2.52 bits per heavy atom. The zero-order valence-electron chi connectivity index (χ0n) is 11.3. The van der Waals surface area contributed by atoms with Gasteiger partial charge in [0.2, 0.25) is 11.8 Å². The summed E-state index contributed by atoms with van der Waals surface area (Å²) >= 11 is 0. The number of carbonyl (C=O) groups excluding carboxylic acids is 2. The van der Waals surface area contributed by atoms with Crippen LogP contribution in [0.4, 0.5) is 5.69 Å². The Morgan fingerprint density at radius 2 is 1.90 bits per heavy atom. The molecule has 0 aliphatic carbocycles. The van der Waals surface area contributed by atoms with Gasteiger partial charge in [-0.3, -0.25) is 24.6 Å². The minimum Gasteiger partial charge on any atom is -0.285 e. The summed E-state index contributed by atoms with van der Waals surface area (Å²) in [6.07, 6.45) is -0.0193. The standard InChI is InChI=1S/C15H12N2O4/c1-16-13(18)8-12(15(16)19)11-7-6-9-4-2-3-5-10(9)14(11)17(20)21/h2-7,12H,8H2,1H3. The second-order valence-electron chi connectivity index (χ2n) is 5.03. The molecule has 0 radical (unpaired) electrons. The van der Waals surface area contributed by atoms with E-state index in [1.165, 1.54) is 7.05 Å². The molecule has 3 rings (SSSR count). The molecule has 0 aromatic heterocycles. The molecule has 6 nitrogen and oxygen atoms in total. The molecule has 21 heavy (non-hydrogen) atoms. The number of nitro benzene ring substituents is 1. The van der Waals surface area contributed by atoms with E-state index in [0.717, 1.165) is 10.3 Å². The number of amides is 2. The van der Waals surface area contributed by atoms with E-state index >= 15 is 0 Å². The van der Waals surface area contributed by atoms with Crippen molar-refractivity contribution in [2.24, 2.45) is 0 Å². The Kier molecular flexibility index (Phi) is 2.94. The molecule has 0 bridgehead atoms. The minimum atomic E-state index is -0.771. The third-order valence-electron chi connectivity index (χ3n) is 3.87. The van der Waals surface area contributed by atoms with Gasteiger partial charge in [0.05, 0.1) is 16.2 Å². The molecule has 1 saturated heterocycles. The molecule has 2 aromatic carbocycles. The van der Waals surface area contributed by atoms with Gasteiger partial charge >= 0.3 is 0 Å². The maximum Gasteiger partial charge on any atom is 0.281 e. The summed E-state index contributed by atoms with van der Waals surface area (Å²) in [6.45, 7) is 0. The molecular weight excluding hydrogens is 272 g/mol. The number of imide groups is 1. The summed E-state index contributed by atoms with van der Waals surface area (Å²) in [5.74, 6) is -1.47. The molecule has 6 heteroatoms. The molecule has 1 fully saturated rings. The van der Waals surface area contributed by atoms with Gasteiger partial charge in [0, 0.05) is 19.0 Å². The van der Waals surface area contributed by atoms with Gasteiger partial charge in [-0.25, -0.2) is 0 Å². The van der Waals surface area contributed by atoms with Gasteiger partial charge in [0.15, 0.2) is 0 Å². The maximum atomic E-state index is 12.1. The van der Waals surface area contributed by atoms with E-state index in [2.05, 4.69) is 0 Å². The number of nitrogens with zero attached hydrogens (tertiary/aromatic N) is 2. The van der Waals surface area contributed by atoms with Crippen LogP contribution in [0.3, 0.4) is 0 Å². The molecular formula is C15H12N2O4. The Morgan fingerprint density at radius 1 is 1.19 bits per heavy atom. The van der Waals surface area contributed by atoms with Gasteiger partial charge in [-0.15, -0.1) is 0 Å². The Labute approximate surface area is 120 Å². The van der Waals surface area contributed by atoms with Crippen molar-refractivity contribution in [2.45, 2.75) is 12.3 Å². The van der Waals surface area contributed by atoms with E-state index in [4.69, 9.17) is 0 Å². The van der Waals surface area contributed by atoms with Crippen molar-refractivity contribution in [1.82, 2.24) is 4.90 Å². The number of carbonyl (C=O) groups is 2. The van der Waals surface area contributed by atoms with Crippen LogP contribution in [0.2, 0.25) is 0 Å². The molecule has 1 heterocycles. The maximum absolute atomic E-state index is 12.1. The molecule has 2 aromatic rings. The highest BCUT2D eigenvalue weighted by Gasteiger charge is 2.40. The van der Waals surface area contributed by atoms with Crippen molar-refractivity contribution in [3.8, 4) is 0 Å². The number of likely N-dealkylation sites (N-methyl/N-ethyl adjacent to an activating group) is 1. The van der Waals surface area contributed by atoms with E-state index < -0.39 is 16.7 Å². The first-order valence-electron chi connectivity index (χ1n) is 6.47. The van der Waals surface area contributed by atoms with Gasteiger partial charge in [0.1, 0.15) is 0 Å². The second kappa shape index (κ2) is 4.66. The largest absolute Gasteiger partial charge is 0.285 e. The number of hydrogen-bond donors (Lipinski definition) is 0. The summed E-state index contributed by atoms with van der Waals surface area (Å²) in [6, 6.07) is 10.3. The first kappa shape index (κ1) is 13.2. The lowest BCUT2D eigenvalue weighted by Crippen LogP contribution is -2.25. The lowest BCUT2D eigenvalue weighted by molar-refractivity contribution is -0.383. The summed E-state index contributed by atoms with van der Waals surface area (Å²) < 4.78 is 0. The van der Waals surface area contributed by atoms with E-state index in [1.54, 1.807) is 36.4 Å². The number of likely N-dealkylation sites (tertiary alicyclic amines) is 1. The Hall–Kier alpha value is -2.76. The fourth-order valence-corrected chi connectivity index (χ4v) is 2.76. The predicted molar refractivity (Wildman–Crippen MR) is 75.7 cm³/mol. The van der Waals surface area contributed by atoms with E-state index in [9.17, 15) is 19.7 Å². The lowest BCUT2D eigenvalue weighted by Gasteiger charge is -2.11. The molecule has 0 spiro atoms. The van der Waals surface area contributed by atoms with E-state index in [1.807, 2.05) is 0 Å². The molecule has 0 N–H and O–H groups in total. The van der Waals surface area contributed by atoms with Crippen molar-refractivity contribution >= 4 is 28.3 Å². The van der Waals surface area contributed by atoms with Crippen molar-refractivity contribution in [3.05, 3.63) is 52.1 Å².